The Morgan fingerprint density at radius 2 is 1.74 bits per heavy atom. The van der Waals surface area contributed by atoms with Gasteiger partial charge in [-0.2, -0.15) is 0 Å². The molecule has 0 bridgehead atoms. The van der Waals surface area contributed by atoms with Crippen molar-refractivity contribution in [1.29, 1.82) is 0 Å². The maximum Gasteiger partial charge on any atom is 0.0649 e. The molecule has 4 heteroatoms. The van der Waals surface area contributed by atoms with Crippen LogP contribution in [0.25, 0.3) is 0 Å². The molecule has 19 heavy (non-hydrogen) atoms. The van der Waals surface area contributed by atoms with Crippen LogP contribution in [0.3, 0.4) is 0 Å². The molecule has 2 nitrogen and oxygen atoms in total. The first-order valence-electron chi connectivity index (χ1n) is 6.31. The normalized spacial score (nSPS) is 15.3. The second-order valence-electron chi connectivity index (χ2n) is 4.81. The summed E-state index contributed by atoms with van der Waals surface area (Å²) in [7, 11) is 0. The van der Waals surface area contributed by atoms with Crippen molar-refractivity contribution in [1.82, 2.24) is 9.88 Å². The molecule has 3 rings (SSSR count). The molecule has 0 atom stereocenters. The van der Waals surface area contributed by atoms with Crippen LogP contribution in [0.5, 0.6) is 0 Å². The minimum atomic E-state index is 0.645. The number of hydrogen-bond donors (Lipinski definition) is 0. The maximum absolute atomic E-state index is 6.18. The average Bonchev–Trinajstić information content (AvgIpc) is 2.43. The van der Waals surface area contributed by atoms with Crippen LogP contribution in [-0.2, 0) is 19.5 Å². The summed E-state index contributed by atoms with van der Waals surface area (Å²) in [6.07, 6.45) is 4.39. The summed E-state index contributed by atoms with van der Waals surface area (Å²) in [6, 6.07) is 8.59. The third-order valence-electron chi connectivity index (χ3n) is 3.54. The minimum Gasteiger partial charge on any atom is -0.294 e. The summed E-state index contributed by atoms with van der Waals surface area (Å²) in [5.74, 6) is 0. The van der Waals surface area contributed by atoms with E-state index in [4.69, 9.17) is 23.2 Å². The zero-order chi connectivity index (χ0) is 13.2. The molecule has 0 saturated carbocycles. The van der Waals surface area contributed by atoms with Crippen LogP contribution in [0.2, 0.25) is 10.0 Å². The summed E-state index contributed by atoms with van der Waals surface area (Å²) in [4.78, 5) is 6.36. The molecule has 0 amide bonds. The first-order valence-corrected chi connectivity index (χ1v) is 7.06. The highest BCUT2D eigenvalue weighted by Gasteiger charge is 2.18. The third-order valence-corrected chi connectivity index (χ3v) is 4.20. The van der Waals surface area contributed by atoms with Crippen molar-refractivity contribution in [3.8, 4) is 0 Å². The smallest absolute Gasteiger partial charge is 0.0649 e. The zero-order valence-corrected chi connectivity index (χ0v) is 12.0. The molecule has 0 radical (unpaired) electrons. The fourth-order valence-corrected chi connectivity index (χ4v) is 2.99. The number of fused-ring (bicyclic) bond motifs is 1. The summed E-state index contributed by atoms with van der Waals surface area (Å²) >= 11 is 12.4. The Morgan fingerprint density at radius 1 is 1.05 bits per heavy atom. The molecular weight excluding hydrogens is 279 g/mol. The number of benzene rings is 1. The van der Waals surface area contributed by atoms with Crippen LogP contribution in [0, 0.1) is 0 Å². The van der Waals surface area contributed by atoms with E-state index in [1.54, 1.807) is 12.4 Å². The zero-order valence-electron chi connectivity index (χ0n) is 10.4. The predicted octanol–water partition coefficient (Wildman–Crippen LogP) is 3.95. The van der Waals surface area contributed by atoms with Gasteiger partial charge in [0.2, 0.25) is 0 Å². The van der Waals surface area contributed by atoms with E-state index in [9.17, 15) is 0 Å². The van der Waals surface area contributed by atoms with E-state index < -0.39 is 0 Å². The molecule has 1 aliphatic rings. The molecular formula is C15H14Cl2N2. The lowest BCUT2D eigenvalue weighted by atomic mass is 9.99. The first-order chi connectivity index (χ1) is 9.24. The Kier molecular flexibility index (Phi) is 3.74. The van der Waals surface area contributed by atoms with E-state index in [-0.39, 0.29) is 0 Å². The number of aromatic nitrogens is 1. The van der Waals surface area contributed by atoms with Crippen molar-refractivity contribution < 1.29 is 0 Å². The van der Waals surface area contributed by atoms with Gasteiger partial charge in [-0.1, -0.05) is 47.5 Å². The van der Waals surface area contributed by atoms with Gasteiger partial charge in [-0.05, 0) is 17.5 Å². The molecule has 2 heterocycles. The summed E-state index contributed by atoms with van der Waals surface area (Å²) in [5.41, 5.74) is 3.82. The van der Waals surface area contributed by atoms with Crippen molar-refractivity contribution in [3.63, 3.8) is 0 Å². The molecule has 2 aromatic rings. The number of rotatable bonds is 2. The molecule has 1 aromatic heterocycles. The van der Waals surface area contributed by atoms with Gasteiger partial charge < -0.3 is 0 Å². The largest absolute Gasteiger partial charge is 0.294 e. The van der Waals surface area contributed by atoms with Crippen molar-refractivity contribution >= 4 is 23.2 Å². The van der Waals surface area contributed by atoms with Crippen LogP contribution in [0.1, 0.15) is 16.7 Å². The van der Waals surface area contributed by atoms with E-state index in [0.717, 1.165) is 31.6 Å². The van der Waals surface area contributed by atoms with E-state index in [0.29, 0.717) is 10.0 Å². The molecule has 0 fully saturated rings. The van der Waals surface area contributed by atoms with Gasteiger partial charge >= 0.3 is 0 Å². The molecule has 1 aromatic carbocycles. The van der Waals surface area contributed by atoms with Crippen LogP contribution < -0.4 is 0 Å². The summed E-state index contributed by atoms with van der Waals surface area (Å²) in [6.45, 7) is 2.76. The second kappa shape index (κ2) is 5.49. The van der Waals surface area contributed by atoms with Gasteiger partial charge in [0, 0.05) is 37.6 Å². The Morgan fingerprint density at radius 3 is 2.47 bits per heavy atom. The Balaban J connectivity index is 1.79. The molecule has 0 saturated heterocycles. The summed E-state index contributed by atoms with van der Waals surface area (Å²) < 4.78 is 0. The monoisotopic (exact) mass is 292 g/mol. The van der Waals surface area contributed by atoms with Gasteiger partial charge in [0.15, 0.2) is 0 Å². The van der Waals surface area contributed by atoms with Crippen LogP contribution in [0.15, 0.2) is 36.7 Å². The lowest BCUT2D eigenvalue weighted by Gasteiger charge is -2.29. The number of hydrogen-bond acceptors (Lipinski definition) is 2. The lowest BCUT2D eigenvalue weighted by molar-refractivity contribution is 0.245. The van der Waals surface area contributed by atoms with Crippen molar-refractivity contribution in [3.05, 3.63) is 63.4 Å². The Labute approximate surface area is 123 Å². The van der Waals surface area contributed by atoms with Crippen molar-refractivity contribution in [2.24, 2.45) is 0 Å². The Bertz CT molecular complexity index is 578. The van der Waals surface area contributed by atoms with Crippen LogP contribution in [0.4, 0.5) is 0 Å². The molecule has 0 spiro atoms. The number of halogens is 2. The fourth-order valence-electron chi connectivity index (χ4n) is 2.50. The van der Waals surface area contributed by atoms with Crippen molar-refractivity contribution in [2.45, 2.75) is 19.5 Å². The van der Waals surface area contributed by atoms with Gasteiger partial charge in [-0.15, -0.1) is 0 Å². The lowest BCUT2D eigenvalue weighted by Crippen LogP contribution is -2.30. The van der Waals surface area contributed by atoms with E-state index in [1.807, 2.05) is 0 Å². The van der Waals surface area contributed by atoms with Crippen molar-refractivity contribution in [2.75, 3.05) is 6.54 Å². The molecule has 1 aliphatic heterocycles. The van der Waals surface area contributed by atoms with E-state index in [2.05, 4.69) is 34.1 Å². The van der Waals surface area contributed by atoms with E-state index >= 15 is 0 Å². The molecule has 0 unspecified atom stereocenters. The maximum atomic E-state index is 6.18. The molecule has 0 N–H and O–H groups in total. The predicted molar refractivity (Wildman–Crippen MR) is 78.5 cm³/mol. The fraction of sp³-hybridized carbons (Fsp3) is 0.267. The number of pyridine rings is 1. The Hall–Kier alpha value is -1.09. The van der Waals surface area contributed by atoms with Gasteiger partial charge in [-0.25, -0.2) is 0 Å². The SMILES string of the molecule is Clc1cncc(Cl)c1CN1CCc2ccccc2C1. The highest BCUT2D eigenvalue weighted by atomic mass is 35.5. The standard InChI is InChI=1S/C15H14Cl2N2/c16-14-7-18-8-15(17)13(14)10-19-6-5-11-3-1-2-4-12(11)9-19/h1-4,7-8H,5-6,9-10H2. The topological polar surface area (TPSA) is 16.1 Å². The summed E-state index contributed by atoms with van der Waals surface area (Å²) in [5, 5.41) is 1.29. The number of nitrogens with zero attached hydrogens (tertiary/aromatic N) is 2. The highest BCUT2D eigenvalue weighted by molar-refractivity contribution is 6.35. The first kappa shape index (κ1) is 12.9. The van der Waals surface area contributed by atoms with Gasteiger partial charge in [0.25, 0.3) is 0 Å². The molecule has 98 valence electrons. The van der Waals surface area contributed by atoms with Crippen LogP contribution >= 0.6 is 23.2 Å². The van der Waals surface area contributed by atoms with Crippen LogP contribution in [-0.4, -0.2) is 16.4 Å². The minimum absolute atomic E-state index is 0.645. The molecule has 0 aliphatic carbocycles. The third kappa shape index (κ3) is 2.76. The highest BCUT2D eigenvalue weighted by Crippen LogP contribution is 2.27. The average molecular weight is 293 g/mol. The van der Waals surface area contributed by atoms with Gasteiger partial charge in [0.05, 0.1) is 10.0 Å². The van der Waals surface area contributed by atoms with E-state index in [1.165, 1.54) is 11.1 Å². The van der Waals surface area contributed by atoms with Gasteiger partial charge in [0.1, 0.15) is 0 Å². The van der Waals surface area contributed by atoms with Gasteiger partial charge in [-0.3, -0.25) is 9.88 Å². The quantitative estimate of drug-likeness (QED) is 0.833. The second-order valence-corrected chi connectivity index (χ2v) is 5.63.